The predicted octanol–water partition coefficient (Wildman–Crippen LogP) is 4.49. The van der Waals surface area contributed by atoms with Gasteiger partial charge in [-0.25, -0.2) is 9.07 Å². The van der Waals surface area contributed by atoms with Crippen LogP contribution in [0.4, 0.5) is 23.4 Å². The standard InChI is InChI=1S/C33H29F4N5O4/c1-3-41-31-27(25(17-38-29(44)19(2)18-43)40-42(31)24-10-5-4-6-11-24)26(20-12-14-23(34)15-13-20)28(32(41)46)39-30(45)21-8-7-9-22(16-21)33(35,36)37/h4-16,26,28,43H,2-3,17-18H2,1H3,(H,38,44)(H,39,45)/t26-,28-/m0/s1. The van der Waals surface area contributed by atoms with Crippen LogP contribution in [0, 0.1) is 5.82 Å². The van der Waals surface area contributed by atoms with Crippen molar-refractivity contribution in [3.63, 3.8) is 0 Å². The van der Waals surface area contributed by atoms with Gasteiger partial charge in [0, 0.05) is 29.2 Å². The fraction of sp³-hybridized carbons (Fsp3) is 0.212. The summed E-state index contributed by atoms with van der Waals surface area (Å²) >= 11 is 0. The summed E-state index contributed by atoms with van der Waals surface area (Å²) in [5.41, 5.74) is 0.243. The molecular weight excluding hydrogens is 606 g/mol. The van der Waals surface area contributed by atoms with Crippen molar-refractivity contribution in [3.8, 4) is 5.69 Å². The number of alkyl halides is 3. The van der Waals surface area contributed by atoms with Crippen molar-refractivity contribution >= 4 is 23.5 Å². The van der Waals surface area contributed by atoms with E-state index >= 15 is 0 Å². The number of aliphatic hydroxyl groups is 1. The molecule has 0 saturated carbocycles. The predicted molar refractivity (Wildman–Crippen MR) is 161 cm³/mol. The molecular formula is C33H29F4N5O4. The van der Waals surface area contributed by atoms with Crippen LogP contribution in [-0.4, -0.2) is 51.8 Å². The Kier molecular flexibility index (Phi) is 9.05. The molecule has 0 saturated heterocycles. The number of nitrogens with one attached hydrogen (secondary N) is 2. The fourth-order valence-corrected chi connectivity index (χ4v) is 5.41. The second-order valence-corrected chi connectivity index (χ2v) is 10.5. The summed E-state index contributed by atoms with van der Waals surface area (Å²) in [6, 6.07) is 16.6. The zero-order valence-electron chi connectivity index (χ0n) is 24.5. The summed E-state index contributed by atoms with van der Waals surface area (Å²) in [5.74, 6) is -3.38. The Morgan fingerprint density at radius 2 is 1.72 bits per heavy atom. The highest BCUT2D eigenvalue weighted by atomic mass is 19.4. The molecule has 0 fully saturated rings. The Bertz CT molecular complexity index is 1790. The van der Waals surface area contributed by atoms with Gasteiger partial charge in [-0.15, -0.1) is 0 Å². The first-order chi connectivity index (χ1) is 21.9. The van der Waals surface area contributed by atoms with Crippen LogP contribution in [0.1, 0.15) is 45.6 Å². The number of nitrogens with zero attached hydrogens (tertiary/aromatic N) is 3. The minimum Gasteiger partial charge on any atom is -0.391 e. The van der Waals surface area contributed by atoms with Gasteiger partial charge in [-0.1, -0.05) is 43.0 Å². The van der Waals surface area contributed by atoms with E-state index in [-0.39, 0.29) is 29.9 Å². The molecule has 1 aliphatic heterocycles. The Morgan fingerprint density at radius 1 is 1.02 bits per heavy atom. The average molecular weight is 636 g/mol. The van der Waals surface area contributed by atoms with E-state index in [1.807, 2.05) is 0 Å². The van der Waals surface area contributed by atoms with Crippen LogP contribution in [0.2, 0.25) is 0 Å². The number of rotatable bonds is 9. The molecule has 0 bridgehead atoms. The van der Waals surface area contributed by atoms with Crippen molar-refractivity contribution in [2.24, 2.45) is 0 Å². The maximum Gasteiger partial charge on any atom is 0.416 e. The molecule has 1 aromatic heterocycles. The normalized spacial score (nSPS) is 16.1. The first-order valence-electron chi connectivity index (χ1n) is 14.2. The number of carbonyl (C=O) groups excluding carboxylic acids is 3. The molecule has 2 heterocycles. The molecule has 0 unspecified atom stereocenters. The molecule has 5 rings (SSSR count). The molecule has 9 nitrogen and oxygen atoms in total. The number of hydrogen-bond donors (Lipinski definition) is 3. The molecule has 3 aromatic carbocycles. The SMILES string of the molecule is C=C(CO)C(=O)NCc1nn(-c2ccccc2)c2c1[C@H](c1ccc(F)cc1)[C@H](NC(=O)c1cccc(C(F)(F)F)c1)C(=O)N2CC. The Hall–Kier alpha value is -5.30. The summed E-state index contributed by atoms with van der Waals surface area (Å²) in [6.45, 7) is 4.59. The third-order valence-corrected chi connectivity index (χ3v) is 7.62. The lowest BCUT2D eigenvalue weighted by Crippen LogP contribution is -2.55. The lowest BCUT2D eigenvalue weighted by atomic mass is 9.80. The quantitative estimate of drug-likeness (QED) is 0.185. The summed E-state index contributed by atoms with van der Waals surface area (Å²) in [6.07, 6.45) is -4.70. The topological polar surface area (TPSA) is 117 Å². The number of fused-ring (bicyclic) bond motifs is 1. The lowest BCUT2D eigenvalue weighted by Gasteiger charge is -2.38. The number of halogens is 4. The van der Waals surface area contributed by atoms with Gasteiger partial charge < -0.3 is 15.7 Å². The Labute approximate surface area is 261 Å². The molecule has 238 valence electrons. The number of likely N-dealkylation sites (N-methyl/N-ethyl adjacent to an activating group) is 1. The summed E-state index contributed by atoms with van der Waals surface area (Å²) < 4.78 is 55.9. The number of anilines is 1. The molecule has 46 heavy (non-hydrogen) atoms. The number of carbonyl (C=O) groups is 3. The Morgan fingerprint density at radius 3 is 2.35 bits per heavy atom. The van der Waals surface area contributed by atoms with Gasteiger partial charge in [0.2, 0.25) is 5.91 Å². The van der Waals surface area contributed by atoms with Gasteiger partial charge in [-0.05, 0) is 55.0 Å². The lowest BCUT2D eigenvalue weighted by molar-refractivity contribution is -0.137. The van der Waals surface area contributed by atoms with E-state index in [2.05, 4.69) is 17.2 Å². The summed E-state index contributed by atoms with van der Waals surface area (Å²) in [5, 5.41) is 19.4. The minimum absolute atomic E-state index is 0.0944. The number of amides is 3. The number of para-hydroxylation sites is 1. The first-order valence-corrected chi connectivity index (χ1v) is 14.2. The van der Waals surface area contributed by atoms with Crippen LogP contribution < -0.4 is 15.5 Å². The summed E-state index contributed by atoms with van der Waals surface area (Å²) in [7, 11) is 0. The average Bonchev–Trinajstić information content (AvgIpc) is 3.43. The molecule has 3 amide bonds. The van der Waals surface area contributed by atoms with E-state index in [1.54, 1.807) is 37.3 Å². The summed E-state index contributed by atoms with van der Waals surface area (Å²) in [4.78, 5) is 41.7. The van der Waals surface area contributed by atoms with Gasteiger partial charge in [0.25, 0.3) is 11.8 Å². The largest absolute Gasteiger partial charge is 0.416 e. The molecule has 3 N–H and O–H groups in total. The van der Waals surface area contributed by atoms with E-state index < -0.39 is 53.8 Å². The van der Waals surface area contributed by atoms with Crippen molar-refractivity contribution in [2.45, 2.75) is 31.6 Å². The Balaban J connectivity index is 1.69. The smallest absolute Gasteiger partial charge is 0.391 e. The number of hydrogen-bond acceptors (Lipinski definition) is 5. The second kappa shape index (κ2) is 13.0. The third kappa shape index (κ3) is 6.26. The molecule has 2 atom stereocenters. The molecule has 1 aliphatic rings. The first kappa shape index (κ1) is 32.1. The molecule has 13 heteroatoms. The van der Waals surface area contributed by atoms with E-state index in [0.29, 0.717) is 28.7 Å². The van der Waals surface area contributed by atoms with E-state index in [4.69, 9.17) is 5.10 Å². The molecule has 0 aliphatic carbocycles. The monoisotopic (exact) mass is 635 g/mol. The van der Waals surface area contributed by atoms with Gasteiger partial charge in [0.1, 0.15) is 17.7 Å². The zero-order chi connectivity index (χ0) is 33.2. The van der Waals surface area contributed by atoms with Gasteiger partial charge in [0.05, 0.1) is 30.1 Å². The van der Waals surface area contributed by atoms with Crippen LogP contribution in [0.15, 0.2) is 91.0 Å². The van der Waals surface area contributed by atoms with Crippen molar-refractivity contribution in [1.82, 2.24) is 20.4 Å². The maximum atomic E-state index is 14.3. The number of aliphatic hydroxyl groups excluding tert-OH is 1. The van der Waals surface area contributed by atoms with Gasteiger partial charge in [0.15, 0.2) is 0 Å². The molecule has 0 spiro atoms. The number of benzene rings is 3. The van der Waals surface area contributed by atoms with E-state index in [1.165, 1.54) is 39.9 Å². The highest BCUT2D eigenvalue weighted by Crippen LogP contribution is 2.43. The van der Waals surface area contributed by atoms with Crippen LogP contribution in [0.3, 0.4) is 0 Å². The van der Waals surface area contributed by atoms with Crippen LogP contribution >= 0.6 is 0 Å². The van der Waals surface area contributed by atoms with Gasteiger partial charge >= 0.3 is 6.18 Å². The highest BCUT2D eigenvalue weighted by Gasteiger charge is 2.46. The molecule has 4 aromatic rings. The van der Waals surface area contributed by atoms with Gasteiger partial charge in [-0.3, -0.25) is 19.3 Å². The van der Waals surface area contributed by atoms with Crippen molar-refractivity contribution < 1.29 is 37.1 Å². The zero-order valence-corrected chi connectivity index (χ0v) is 24.5. The highest BCUT2D eigenvalue weighted by molar-refractivity contribution is 6.05. The van der Waals surface area contributed by atoms with Gasteiger partial charge in [-0.2, -0.15) is 18.3 Å². The second-order valence-electron chi connectivity index (χ2n) is 10.5. The minimum atomic E-state index is -4.70. The maximum absolute atomic E-state index is 14.3. The number of aromatic nitrogens is 2. The van der Waals surface area contributed by atoms with E-state index in [0.717, 1.165) is 12.1 Å². The van der Waals surface area contributed by atoms with Crippen molar-refractivity contribution in [3.05, 3.63) is 125 Å². The van der Waals surface area contributed by atoms with Crippen molar-refractivity contribution in [2.75, 3.05) is 18.1 Å². The third-order valence-electron chi connectivity index (χ3n) is 7.62. The van der Waals surface area contributed by atoms with Crippen LogP contribution in [0.25, 0.3) is 5.69 Å². The van der Waals surface area contributed by atoms with Crippen molar-refractivity contribution in [1.29, 1.82) is 0 Å². The van der Waals surface area contributed by atoms with E-state index in [9.17, 15) is 37.1 Å². The molecule has 0 radical (unpaired) electrons. The van der Waals surface area contributed by atoms with Crippen LogP contribution in [0.5, 0.6) is 0 Å². The van der Waals surface area contributed by atoms with Crippen LogP contribution in [-0.2, 0) is 22.3 Å². The fourth-order valence-electron chi connectivity index (χ4n) is 5.41.